The molecule has 112 valence electrons. The van der Waals surface area contributed by atoms with Gasteiger partial charge in [0.15, 0.2) is 11.6 Å². The van der Waals surface area contributed by atoms with Gasteiger partial charge in [0.25, 0.3) is 0 Å². The van der Waals surface area contributed by atoms with Crippen molar-refractivity contribution in [1.82, 2.24) is 14.5 Å². The maximum absolute atomic E-state index is 14.0. The van der Waals surface area contributed by atoms with Crippen LogP contribution in [0.3, 0.4) is 0 Å². The lowest BCUT2D eigenvalue weighted by molar-refractivity contribution is 0.504. The maximum Gasteiger partial charge on any atom is 0.182 e. The molecule has 3 aromatic rings. The van der Waals surface area contributed by atoms with E-state index in [1.54, 1.807) is 18.6 Å². The first-order chi connectivity index (χ1) is 10.6. The van der Waals surface area contributed by atoms with Crippen LogP contribution in [0.5, 0.6) is 0 Å². The predicted octanol–water partition coefficient (Wildman–Crippen LogP) is 4.18. The fraction of sp³-hybridized carbons (Fsp3) is 0.125. The van der Waals surface area contributed by atoms with Gasteiger partial charge in [-0.1, -0.05) is 6.07 Å². The van der Waals surface area contributed by atoms with Crippen molar-refractivity contribution < 1.29 is 8.78 Å². The molecule has 6 heteroatoms. The summed E-state index contributed by atoms with van der Waals surface area (Å²) in [5.41, 5.74) is 2.53. The van der Waals surface area contributed by atoms with Crippen LogP contribution in [0, 0.1) is 18.6 Å². The average molecular weight is 300 g/mol. The summed E-state index contributed by atoms with van der Waals surface area (Å²) >= 11 is 0. The van der Waals surface area contributed by atoms with Gasteiger partial charge in [0, 0.05) is 23.5 Å². The zero-order valence-corrected chi connectivity index (χ0v) is 12.1. The highest BCUT2D eigenvalue weighted by Crippen LogP contribution is 2.31. The first-order valence-corrected chi connectivity index (χ1v) is 6.77. The fourth-order valence-corrected chi connectivity index (χ4v) is 2.38. The minimum atomic E-state index is -0.901. The van der Waals surface area contributed by atoms with Crippen LogP contribution in [0.25, 0.3) is 16.9 Å². The zero-order chi connectivity index (χ0) is 15.7. The number of H-pyrrole nitrogens is 1. The van der Waals surface area contributed by atoms with Crippen LogP contribution in [-0.4, -0.2) is 20.7 Å². The van der Waals surface area contributed by atoms with Crippen LogP contribution >= 0.6 is 0 Å². The smallest absolute Gasteiger partial charge is 0.182 e. The predicted molar refractivity (Wildman–Crippen MR) is 81.8 cm³/mol. The second-order valence-corrected chi connectivity index (χ2v) is 4.79. The third-order valence-corrected chi connectivity index (χ3v) is 3.48. The van der Waals surface area contributed by atoms with Crippen LogP contribution < -0.4 is 0 Å². The van der Waals surface area contributed by atoms with Crippen LogP contribution in [-0.2, 0) is 0 Å². The summed E-state index contributed by atoms with van der Waals surface area (Å²) in [6, 6.07) is 4.07. The van der Waals surface area contributed by atoms with Gasteiger partial charge in [-0.3, -0.25) is 4.57 Å². The molecule has 0 saturated carbocycles. The molecule has 0 unspecified atom stereocenters. The first-order valence-electron chi connectivity index (χ1n) is 6.77. The molecule has 1 aromatic carbocycles. The summed E-state index contributed by atoms with van der Waals surface area (Å²) in [4.78, 5) is 11.4. The monoisotopic (exact) mass is 300 g/mol. The molecule has 0 saturated heterocycles. The fourth-order valence-electron chi connectivity index (χ4n) is 2.38. The quantitative estimate of drug-likeness (QED) is 0.725. The van der Waals surface area contributed by atoms with Gasteiger partial charge in [0.05, 0.1) is 23.9 Å². The van der Waals surface area contributed by atoms with Crippen LogP contribution in [0.2, 0.25) is 0 Å². The Labute approximate surface area is 126 Å². The average Bonchev–Trinajstić information content (AvgIpc) is 3.10. The van der Waals surface area contributed by atoms with Crippen molar-refractivity contribution in [3.05, 3.63) is 54.1 Å². The second kappa shape index (κ2) is 5.55. The van der Waals surface area contributed by atoms with E-state index in [2.05, 4.69) is 15.0 Å². The van der Waals surface area contributed by atoms with Crippen molar-refractivity contribution in [3.8, 4) is 16.9 Å². The van der Waals surface area contributed by atoms with Gasteiger partial charge in [-0.25, -0.2) is 18.8 Å². The Hall–Kier alpha value is -2.76. The molecule has 2 heterocycles. The summed E-state index contributed by atoms with van der Waals surface area (Å²) in [6.07, 6.45) is 6.54. The third-order valence-electron chi connectivity index (χ3n) is 3.48. The van der Waals surface area contributed by atoms with Gasteiger partial charge in [-0.05, 0) is 26.0 Å². The van der Waals surface area contributed by atoms with Crippen molar-refractivity contribution in [2.75, 3.05) is 0 Å². The highest BCUT2D eigenvalue weighted by molar-refractivity contribution is 5.72. The van der Waals surface area contributed by atoms with E-state index in [-0.39, 0.29) is 5.69 Å². The van der Waals surface area contributed by atoms with E-state index >= 15 is 0 Å². The lowest BCUT2D eigenvalue weighted by atomic mass is 10.1. The Kier molecular flexibility index (Phi) is 3.58. The molecule has 0 aliphatic heterocycles. The molecule has 3 rings (SSSR count). The Morgan fingerprint density at radius 3 is 2.91 bits per heavy atom. The number of hydrogen-bond donors (Lipinski definition) is 1. The molecular weight excluding hydrogens is 286 g/mol. The van der Waals surface area contributed by atoms with Gasteiger partial charge < -0.3 is 4.98 Å². The number of aromatic nitrogens is 3. The number of hydrogen-bond acceptors (Lipinski definition) is 2. The molecule has 0 spiro atoms. The SMILES string of the molecule is C/C=N\c1[nH]cc(-c2cncn2-c2cccc(F)c2F)c1C. The molecule has 22 heavy (non-hydrogen) atoms. The minimum absolute atomic E-state index is 0.119. The van der Waals surface area contributed by atoms with E-state index in [4.69, 9.17) is 0 Å². The molecule has 0 atom stereocenters. The van der Waals surface area contributed by atoms with Crippen molar-refractivity contribution >= 4 is 12.0 Å². The van der Waals surface area contributed by atoms with Gasteiger partial charge in [-0.15, -0.1) is 0 Å². The first kappa shape index (κ1) is 14.2. The molecule has 0 amide bonds. The van der Waals surface area contributed by atoms with E-state index < -0.39 is 11.6 Å². The standard InChI is InChI=1S/C16H14F2N4/c1-3-20-16-10(2)11(7-21-16)14-8-19-9-22(14)13-6-4-5-12(17)15(13)18/h3-9,21H,1-2H3/b20-3-. The van der Waals surface area contributed by atoms with Crippen LogP contribution in [0.4, 0.5) is 14.6 Å². The van der Waals surface area contributed by atoms with E-state index in [0.717, 1.165) is 23.0 Å². The Bertz CT molecular complexity index is 846. The lowest BCUT2D eigenvalue weighted by Gasteiger charge is -2.09. The van der Waals surface area contributed by atoms with Crippen molar-refractivity contribution in [2.24, 2.45) is 4.99 Å². The number of aliphatic imine (C=N–C) groups is 1. The highest BCUT2D eigenvalue weighted by Gasteiger charge is 2.16. The second-order valence-electron chi connectivity index (χ2n) is 4.79. The summed E-state index contributed by atoms with van der Waals surface area (Å²) in [5, 5.41) is 0. The number of nitrogens with one attached hydrogen (secondary N) is 1. The maximum atomic E-state index is 14.0. The highest BCUT2D eigenvalue weighted by atomic mass is 19.2. The number of aromatic amines is 1. The van der Waals surface area contributed by atoms with E-state index in [0.29, 0.717) is 5.69 Å². The molecule has 1 N–H and O–H groups in total. The summed E-state index contributed by atoms with van der Waals surface area (Å²) in [5.74, 6) is -1.06. The Morgan fingerprint density at radius 1 is 1.32 bits per heavy atom. The summed E-state index contributed by atoms with van der Waals surface area (Å²) < 4.78 is 29.0. The van der Waals surface area contributed by atoms with Crippen molar-refractivity contribution in [2.45, 2.75) is 13.8 Å². The van der Waals surface area contributed by atoms with Gasteiger partial charge in [0.1, 0.15) is 5.82 Å². The number of imidazole rings is 1. The zero-order valence-electron chi connectivity index (χ0n) is 12.1. The molecule has 2 aromatic heterocycles. The molecule has 0 aliphatic rings. The lowest BCUT2D eigenvalue weighted by Crippen LogP contribution is -2.00. The number of benzene rings is 1. The minimum Gasteiger partial charge on any atom is -0.346 e. The normalized spacial score (nSPS) is 11.5. The largest absolute Gasteiger partial charge is 0.346 e. The summed E-state index contributed by atoms with van der Waals surface area (Å²) in [6.45, 7) is 3.74. The number of nitrogens with zero attached hydrogens (tertiary/aromatic N) is 3. The summed E-state index contributed by atoms with van der Waals surface area (Å²) in [7, 11) is 0. The van der Waals surface area contributed by atoms with E-state index in [1.807, 2.05) is 13.8 Å². The van der Waals surface area contributed by atoms with Crippen molar-refractivity contribution in [1.29, 1.82) is 0 Å². The number of halogens is 2. The molecule has 0 bridgehead atoms. The van der Waals surface area contributed by atoms with Gasteiger partial charge in [0.2, 0.25) is 0 Å². The van der Waals surface area contributed by atoms with Crippen LogP contribution in [0.1, 0.15) is 12.5 Å². The third kappa shape index (κ3) is 2.22. The molecule has 4 nitrogen and oxygen atoms in total. The molecule has 0 aliphatic carbocycles. The molecular formula is C16H14F2N4. The van der Waals surface area contributed by atoms with Crippen molar-refractivity contribution in [3.63, 3.8) is 0 Å². The van der Waals surface area contributed by atoms with E-state index in [9.17, 15) is 8.78 Å². The molecule has 0 radical (unpaired) electrons. The Morgan fingerprint density at radius 2 is 2.14 bits per heavy atom. The van der Waals surface area contributed by atoms with Crippen LogP contribution in [0.15, 0.2) is 41.9 Å². The van der Waals surface area contributed by atoms with E-state index in [1.165, 1.54) is 23.0 Å². The topological polar surface area (TPSA) is 46.0 Å². The van der Waals surface area contributed by atoms with Gasteiger partial charge in [-0.2, -0.15) is 0 Å². The molecule has 0 fully saturated rings. The Balaban J connectivity index is 2.16. The van der Waals surface area contributed by atoms with Gasteiger partial charge >= 0.3 is 0 Å². The number of rotatable bonds is 3.